The summed E-state index contributed by atoms with van der Waals surface area (Å²) in [6.07, 6.45) is 1.35. The Morgan fingerprint density at radius 3 is 2.35 bits per heavy atom. The van der Waals surface area contributed by atoms with E-state index in [1.54, 1.807) is 12.1 Å². The Labute approximate surface area is 150 Å². The maximum atomic E-state index is 12.9. The number of benzene rings is 2. The minimum absolute atomic E-state index is 0.0573. The SMILES string of the molecule is O=[N+]([O-])c1ccccc1S(=O)(=O)n1cccc1COCc1ccccc1. The molecule has 0 bridgehead atoms. The number of nitrogens with zero attached hydrogens (tertiary/aromatic N) is 2. The van der Waals surface area contributed by atoms with Crippen molar-refractivity contribution in [2.45, 2.75) is 18.1 Å². The summed E-state index contributed by atoms with van der Waals surface area (Å²) >= 11 is 0. The van der Waals surface area contributed by atoms with Crippen LogP contribution in [0, 0.1) is 10.1 Å². The molecule has 0 fully saturated rings. The van der Waals surface area contributed by atoms with Gasteiger partial charge in [-0.05, 0) is 23.8 Å². The van der Waals surface area contributed by atoms with E-state index in [1.807, 2.05) is 30.3 Å². The molecule has 0 unspecified atom stereocenters. The predicted molar refractivity (Wildman–Crippen MR) is 95.0 cm³/mol. The Kier molecular flexibility index (Phi) is 5.15. The minimum atomic E-state index is -4.10. The highest BCUT2D eigenvalue weighted by molar-refractivity contribution is 7.90. The largest absolute Gasteiger partial charge is 0.371 e. The molecule has 0 N–H and O–H groups in total. The van der Waals surface area contributed by atoms with E-state index in [1.165, 1.54) is 30.5 Å². The van der Waals surface area contributed by atoms with E-state index < -0.39 is 20.6 Å². The third-order valence-corrected chi connectivity index (χ3v) is 5.53. The maximum absolute atomic E-state index is 12.9. The van der Waals surface area contributed by atoms with E-state index in [0.29, 0.717) is 12.3 Å². The van der Waals surface area contributed by atoms with Crippen molar-refractivity contribution < 1.29 is 18.1 Å². The van der Waals surface area contributed by atoms with Gasteiger partial charge in [0.2, 0.25) is 0 Å². The second kappa shape index (κ2) is 7.51. The van der Waals surface area contributed by atoms with Crippen molar-refractivity contribution in [3.63, 3.8) is 0 Å². The fraction of sp³-hybridized carbons (Fsp3) is 0.111. The highest BCUT2D eigenvalue weighted by atomic mass is 32.2. The number of hydrogen-bond acceptors (Lipinski definition) is 5. The van der Waals surface area contributed by atoms with Crippen LogP contribution in [-0.4, -0.2) is 17.3 Å². The van der Waals surface area contributed by atoms with Gasteiger partial charge < -0.3 is 4.74 Å². The maximum Gasteiger partial charge on any atom is 0.289 e. The first kappa shape index (κ1) is 17.8. The summed E-state index contributed by atoms with van der Waals surface area (Å²) < 4.78 is 32.4. The Morgan fingerprint density at radius 2 is 1.62 bits per heavy atom. The molecular weight excluding hydrogens is 356 g/mol. The van der Waals surface area contributed by atoms with E-state index in [0.717, 1.165) is 9.54 Å². The van der Waals surface area contributed by atoms with Gasteiger partial charge in [0.05, 0.1) is 23.8 Å². The number of rotatable bonds is 7. The van der Waals surface area contributed by atoms with Crippen molar-refractivity contribution in [1.29, 1.82) is 0 Å². The summed E-state index contributed by atoms with van der Waals surface area (Å²) in [7, 11) is -4.10. The first-order valence-electron chi connectivity index (χ1n) is 7.77. The number of ether oxygens (including phenoxy) is 1. The molecule has 26 heavy (non-hydrogen) atoms. The average molecular weight is 372 g/mol. The molecule has 0 aliphatic carbocycles. The van der Waals surface area contributed by atoms with Gasteiger partial charge in [-0.1, -0.05) is 42.5 Å². The van der Waals surface area contributed by atoms with Gasteiger partial charge in [0, 0.05) is 12.3 Å². The zero-order valence-corrected chi connectivity index (χ0v) is 14.5. The highest BCUT2D eigenvalue weighted by Gasteiger charge is 2.27. The Balaban J connectivity index is 1.84. The summed E-state index contributed by atoms with van der Waals surface area (Å²) in [5, 5.41) is 11.2. The second-order valence-electron chi connectivity index (χ2n) is 5.50. The summed E-state index contributed by atoms with van der Waals surface area (Å²) in [4.78, 5) is 10.1. The molecule has 0 saturated carbocycles. The van der Waals surface area contributed by atoms with Gasteiger partial charge in [0.1, 0.15) is 0 Å². The molecule has 134 valence electrons. The van der Waals surface area contributed by atoms with Crippen molar-refractivity contribution in [1.82, 2.24) is 3.97 Å². The molecule has 0 aliphatic heterocycles. The van der Waals surface area contributed by atoms with E-state index in [9.17, 15) is 18.5 Å². The van der Waals surface area contributed by atoms with E-state index >= 15 is 0 Å². The van der Waals surface area contributed by atoms with Crippen LogP contribution in [0.4, 0.5) is 5.69 Å². The molecule has 1 heterocycles. The third kappa shape index (κ3) is 3.66. The van der Waals surface area contributed by atoms with E-state index in [4.69, 9.17) is 4.74 Å². The van der Waals surface area contributed by atoms with Crippen LogP contribution < -0.4 is 0 Å². The normalized spacial score (nSPS) is 11.4. The van der Waals surface area contributed by atoms with Crippen LogP contribution in [0.1, 0.15) is 11.3 Å². The summed E-state index contributed by atoms with van der Waals surface area (Å²) in [5.41, 5.74) is 0.892. The zero-order chi connectivity index (χ0) is 18.6. The summed E-state index contributed by atoms with van der Waals surface area (Å²) in [6, 6.07) is 17.9. The minimum Gasteiger partial charge on any atom is -0.371 e. The highest BCUT2D eigenvalue weighted by Crippen LogP contribution is 2.26. The quantitative estimate of drug-likeness (QED) is 0.468. The number of aromatic nitrogens is 1. The number of nitro groups is 1. The fourth-order valence-electron chi connectivity index (χ4n) is 2.53. The van der Waals surface area contributed by atoms with Gasteiger partial charge in [-0.15, -0.1) is 0 Å². The predicted octanol–water partition coefficient (Wildman–Crippen LogP) is 3.35. The van der Waals surface area contributed by atoms with Crippen LogP contribution in [0.3, 0.4) is 0 Å². The van der Waals surface area contributed by atoms with Crippen LogP contribution in [0.5, 0.6) is 0 Å². The zero-order valence-electron chi connectivity index (χ0n) is 13.7. The summed E-state index contributed by atoms with van der Waals surface area (Å²) in [6.45, 7) is 0.388. The molecule has 0 radical (unpaired) electrons. The first-order chi connectivity index (χ1) is 12.5. The van der Waals surface area contributed by atoms with Crippen LogP contribution in [0.15, 0.2) is 77.8 Å². The van der Waals surface area contributed by atoms with Gasteiger partial charge in [0.15, 0.2) is 4.90 Å². The lowest BCUT2D eigenvalue weighted by atomic mass is 10.2. The molecule has 0 atom stereocenters. The smallest absolute Gasteiger partial charge is 0.289 e. The van der Waals surface area contributed by atoms with E-state index in [2.05, 4.69) is 0 Å². The molecule has 3 aromatic rings. The van der Waals surface area contributed by atoms with Gasteiger partial charge in [-0.3, -0.25) is 10.1 Å². The fourth-order valence-corrected chi connectivity index (χ4v) is 4.05. The van der Waals surface area contributed by atoms with Gasteiger partial charge >= 0.3 is 0 Å². The molecule has 7 nitrogen and oxygen atoms in total. The molecule has 8 heteroatoms. The molecule has 0 spiro atoms. The monoisotopic (exact) mass is 372 g/mol. The molecule has 1 aromatic heterocycles. The van der Waals surface area contributed by atoms with Crippen LogP contribution >= 0.6 is 0 Å². The number of para-hydroxylation sites is 1. The third-order valence-electron chi connectivity index (χ3n) is 3.75. The second-order valence-corrected chi connectivity index (χ2v) is 7.29. The molecule has 0 aliphatic rings. The Bertz CT molecular complexity index is 1010. The molecule has 0 amide bonds. The molecule has 3 rings (SSSR count). The van der Waals surface area contributed by atoms with Crippen molar-refractivity contribution in [2.24, 2.45) is 0 Å². The lowest BCUT2D eigenvalue weighted by Gasteiger charge is -2.11. The topological polar surface area (TPSA) is 91.4 Å². The van der Waals surface area contributed by atoms with Gasteiger partial charge in [-0.25, -0.2) is 12.4 Å². The Morgan fingerprint density at radius 1 is 0.923 bits per heavy atom. The van der Waals surface area contributed by atoms with Crippen LogP contribution in [0.2, 0.25) is 0 Å². The van der Waals surface area contributed by atoms with Gasteiger partial charge in [-0.2, -0.15) is 0 Å². The van der Waals surface area contributed by atoms with Gasteiger partial charge in [0.25, 0.3) is 15.7 Å². The molecule has 2 aromatic carbocycles. The lowest BCUT2D eigenvalue weighted by molar-refractivity contribution is -0.387. The number of nitro benzene ring substituents is 1. The number of hydrogen-bond donors (Lipinski definition) is 0. The Hall–Kier alpha value is -2.97. The van der Waals surface area contributed by atoms with Crippen molar-refractivity contribution in [2.75, 3.05) is 0 Å². The van der Waals surface area contributed by atoms with Crippen LogP contribution in [-0.2, 0) is 28.0 Å². The van der Waals surface area contributed by atoms with E-state index in [-0.39, 0.29) is 11.5 Å². The van der Waals surface area contributed by atoms with Crippen LogP contribution in [0.25, 0.3) is 0 Å². The molecule has 0 saturated heterocycles. The van der Waals surface area contributed by atoms with Crippen molar-refractivity contribution in [3.05, 3.63) is 94.3 Å². The molecular formula is C18H16N2O5S. The van der Waals surface area contributed by atoms with Crippen molar-refractivity contribution in [3.8, 4) is 0 Å². The van der Waals surface area contributed by atoms with Crippen molar-refractivity contribution >= 4 is 15.7 Å². The average Bonchev–Trinajstić information content (AvgIpc) is 3.12. The standard InChI is InChI=1S/C18H16N2O5S/c21-20(22)17-10-4-5-11-18(17)26(23,24)19-12-6-9-16(19)14-25-13-15-7-2-1-3-8-15/h1-12H,13-14H2. The summed E-state index contributed by atoms with van der Waals surface area (Å²) in [5.74, 6) is 0. The lowest BCUT2D eigenvalue weighted by Crippen LogP contribution is -2.16. The first-order valence-corrected chi connectivity index (χ1v) is 9.21.